The van der Waals surface area contributed by atoms with Gasteiger partial charge in [0.25, 0.3) is 11.8 Å². The normalized spacial score (nSPS) is 13.0. The monoisotopic (exact) mass is 375 g/mol. The molecule has 0 saturated carbocycles. The third kappa shape index (κ3) is 2.68. The van der Waals surface area contributed by atoms with Crippen LogP contribution in [0.5, 0.6) is 0 Å². The molecule has 3 aromatic rings. The van der Waals surface area contributed by atoms with E-state index in [2.05, 4.69) is 5.10 Å². The van der Waals surface area contributed by atoms with Crippen molar-refractivity contribution in [2.45, 2.75) is 13.8 Å². The Morgan fingerprint density at radius 2 is 1.61 bits per heavy atom. The number of rotatable bonds is 4. The van der Waals surface area contributed by atoms with Crippen LogP contribution in [0, 0.1) is 6.92 Å². The summed E-state index contributed by atoms with van der Waals surface area (Å²) < 4.78 is 6.60. The largest absolute Gasteiger partial charge is 0.462 e. The van der Waals surface area contributed by atoms with Crippen LogP contribution in [0.3, 0.4) is 0 Å². The first-order chi connectivity index (χ1) is 13.5. The van der Waals surface area contributed by atoms with E-state index >= 15 is 0 Å². The van der Waals surface area contributed by atoms with Crippen molar-refractivity contribution < 1.29 is 19.1 Å². The maximum absolute atomic E-state index is 12.7. The number of hydrogen-bond acceptors (Lipinski definition) is 5. The fraction of sp³-hybridized carbons (Fsp3) is 0.143. The van der Waals surface area contributed by atoms with Gasteiger partial charge in [0.05, 0.1) is 46.6 Å². The van der Waals surface area contributed by atoms with Gasteiger partial charge in [-0.1, -0.05) is 12.1 Å². The number of amides is 2. The number of hydrogen-bond donors (Lipinski definition) is 0. The minimum absolute atomic E-state index is 0.308. The number of aromatic nitrogens is 2. The van der Waals surface area contributed by atoms with Crippen LogP contribution >= 0.6 is 0 Å². The van der Waals surface area contributed by atoms with E-state index in [1.54, 1.807) is 67.1 Å². The molecule has 0 atom stereocenters. The lowest BCUT2D eigenvalue weighted by molar-refractivity contribution is 0.0526. The summed E-state index contributed by atoms with van der Waals surface area (Å²) in [5, 5.41) is 4.33. The highest BCUT2D eigenvalue weighted by atomic mass is 16.5. The summed E-state index contributed by atoms with van der Waals surface area (Å²) in [6.07, 6.45) is 1.50. The Bertz CT molecular complexity index is 1060. The number of fused-ring (bicyclic) bond motifs is 1. The number of nitrogens with zero attached hydrogens (tertiary/aromatic N) is 3. The van der Waals surface area contributed by atoms with E-state index in [0.29, 0.717) is 40.4 Å². The van der Waals surface area contributed by atoms with Crippen LogP contribution in [0.4, 0.5) is 5.69 Å². The molecule has 4 rings (SSSR count). The van der Waals surface area contributed by atoms with Crippen LogP contribution in [0.15, 0.2) is 54.7 Å². The van der Waals surface area contributed by atoms with Crippen LogP contribution in [-0.4, -0.2) is 34.2 Å². The molecular weight excluding hydrogens is 358 g/mol. The molecule has 28 heavy (non-hydrogen) atoms. The standard InChI is InChI=1S/C21H17N3O4/c1-3-28-21(27)14-8-10-15(11-9-14)24-13(2)18(12-22-24)23-19(25)16-6-4-5-7-17(16)20(23)26/h4-12H,3H2,1-2H3. The second kappa shape index (κ2) is 6.77. The molecule has 0 saturated heterocycles. The number of imide groups is 1. The molecule has 140 valence electrons. The quantitative estimate of drug-likeness (QED) is 0.517. The molecule has 7 nitrogen and oxygen atoms in total. The fourth-order valence-corrected chi connectivity index (χ4v) is 3.24. The van der Waals surface area contributed by atoms with E-state index in [9.17, 15) is 14.4 Å². The predicted octanol–water partition coefficient (Wildman–Crippen LogP) is 3.16. The highest BCUT2D eigenvalue weighted by Crippen LogP contribution is 2.31. The Kier molecular flexibility index (Phi) is 4.27. The average Bonchev–Trinajstić information content (AvgIpc) is 3.20. The third-order valence-electron chi connectivity index (χ3n) is 4.64. The number of anilines is 1. The van der Waals surface area contributed by atoms with E-state index in [4.69, 9.17) is 4.74 Å². The molecule has 0 unspecified atom stereocenters. The first-order valence-corrected chi connectivity index (χ1v) is 8.83. The molecule has 0 spiro atoms. The van der Waals surface area contributed by atoms with E-state index in [-0.39, 0.29) is 11.8 Å². The van der Waals surface area contributed by atoms with Gasteiger partial charge in [-0.2, -0.15) is 5.10 Å². The molecule has 0 bridgehead atoms. The van der Waals surface area contributed by atoms with Crippen molar-refractivity contribution >= 4 is 23.5 Å². The molecule has 2 amide bonds. The lowest BCUT2D eigenvalue weighted by Crippen LogP contribution is -2.29. The predicted molar refractivity (Wildman–Crippen MR) is 102 cm³/mol. The summed E-state index contributed by atoms with van der Waals surface area (Å²) in [6, 6.07) is 13.5. The lowest BCUT2D eigenvalue weighted by Gasteiger charge is -2.13. The minimum Gasteiger partial charge on any atom is -0.462 e. The van der Waals surface area contributed by atoms with Gasteiger partial charge >= 0.3 is 5.97 Å². The molecular formula is C21H17N3O4. The molecule has 1 aromatic heterocycles. The summed E-state index contributed by atoms with van der Waals surface area (Å²) in [6.45, 7) is 3.84. The first kappa shape index (κ1) is 17.7. The highest BCUT2D eigenvalue weighted by Gasteiger charge is 2.38. The van der Waals surface area contributed by atoms with E-state index < -0.39 is 5.97 Å². The summed E-state index contributed by atoms with van der Waals surface area (Å²) in [4.78, 5) is 38.3. The Hall–Kier alpha value is -3.74. The van der Waals surface area contributed by atoms with Crippen LogP contribution in [0.2, 0.25) is 0 Å². The number of ether oxygens (including phenoxy) is 1. The Balaban J connectivity index is 1.67. The van der Waals surface area contributed by atoms with Crippen molar-refractivity contribution in [1.29, 1.82) is 0 Å². The first-order valence-electron chi connectivity index (χ1n) is 8.83. The average molecular weight is 375 g/mol. The topological polar surface area (TPSA) is 81.5 Å². The highest BCUT2D eigenvalue weighted by molar-refractivity contribution is 6.34. The second-order valence-electron chi connectivity index (χ2n) is 6.29. The summed E-state index contributed by atoms with van der Waals surface area (Å²) in [7, 11) is 0. The van der Waals surface area contributed by atoms with Gasteiger partial charge in [0.15, 0.2) is 0 Å². The van der Waals surface area contributed by atoms with Gasteiger partial charge in [-0.3, -0.25) is 9.59 Å². The van der Waals surface area contributed by atoms with E-state index in [0.717, 1.165) is 4.90 Å². The molecule has 1 aliphatic heterocycles. The summed E-state index contributed by atoms with van der Waals surface area (Å²) in [5.74, 6) is -1.11. The van der Waals surface area contributed by atoms with Gasteiger partial charge in [-0.15, -0.1) is 0 Å². The zero-order valence-corrected chi connectivity index (χ0v) is 15.4. The van der Waals surface area contributed by atoms with Crippen molar-refractivity contribution in [2.24, 2.45) is 0 Å². The summed E-state index contributed by atoms with van der Waals surface area (Å²) >= 11 is 0. The lowest BCUT2D eigenvalue weighted by atomic mass is 10.1. The molecule has 2 heterocycles. The van der Waals surface area contributed by atoms with E-state index in [1.807, 2.05) is 0 Å². The fourth-order valence-electron chi connectivity index (χ4n) is 3.24. The zero-order valence-electron chi connectivity index (χ0n) is 15.4. The van der Waals surface area contributed by atoms with Gasteiger partial charge in [0.2, 0.25) is 0 Å². The molecule has 0 N–H and O–H groups in total. The van der Waals surface area contributed by atoms with E-state index in [1.165, 1.54) is 6.20 Å². The molecule has 0 radical (unpaired) electrons. The van der Waals surface area contributed by atoms with Crippen molar-refractivity contribution in [3.8, 4) is 5.69 Å². The summed E-state index contributed by atoms with van der Waals surface area (Å²) in [5.41, 5.74) is 2.99. The van der Waals surface area contributed by atoms with Gasteiger partial charge in [-0.25, -0.2) is 14.4 Å². The SMILES string of the molecule is CCOC(=O)c1ccc(-n2ncc(N3C(=O)c4ccccc4C3=O)c2C)cc1. The van der Waals surface area contributed by atoms with Crippen LogP contribution in [0.25, 0.3) is 5.69 Å². The number of esters is 1. The van der Waals surface area contributed by atoms with Crippen LogP contribution in [0.1, 0.15) is 43.7 Å². The Morgan fingerprint density at radius 3 is 2.18 bits per heavy atom. The number of benzene rings is 2. The molecule has 2 aromatic carbocycles. The minimum atomic E-state index is -0.391. The number of carbonyl (C=O) groups is 3. The Labute approximate surface area is 161 Å². The van der Waals surface area contributed by atoms with Crippen LogP contribution < -0.4 is 4.90 Å². The second-order valence-corrected chi connectivity index (χ2v) is 6.29. The molecule has 1 aliphatic rings. The molecule has 0 fully saturated rings. The maximum atomic E-state index is 12.7. The maximum Gasteiger partial charge on any atom is 0.338 e. The van der Waals surface area contributed by atoms with Gasteiger partial charge in [-0.05, 0) is 50.2 Å². The van der Waals surface area contributed by atoms with Gasteiger partial charge < -0.3 is 4.74 Å². The van der Waals surface area contributed by atoms with Gasteiger partial charge in [0.1, 0.15) is 0 Å². The zero-order chi connectivity index (χ0) is 19.8. The van der Waals surface area contributed by atoms with Crippen molar-refractivity contribution in [1.82, 2.24) is 9.78 Å². The van der Waals surface area contributed by atoms with Crippen molar-refractivity contribution in [3.63, 3.8) is 0 Å². The number of carbonyl (C=O) groups excluding carboxylic acids is 3. The molecule has 7 heteroatoms. The molecule has 0 aliphatic carbocycles. The van der Waals surface area contributed by atoms with Crippen molar-refractivity contribution in [3.05, 3.63) is 77.1 Å². The smallest absolute Gasteiger partial charge is 0.338 e. The third-order valence-corrected chi connectivity index (χ3v) is 4.64. The van der Waals surface area contributed by atoms with Gasteiger partial charge in [0, 0.05) is 0 Å². The Morgan fingerprint density at radius 1 is 1.00 bits per heavy atom. The van der Waals surface area contributed by atoms with Crippen LogP contribution in [-0.2, 0) is 4.74 Å². The van der Waals surface area contributed by atoms with Crippen molar-refractivity contribution in [2.75, 3.05) is 11.5 Å².